The van der Waals surface area contributed by atoms with Gasteiger partial charge in [0.05, 0.1) is 0 Å². The van der Waals surface area contributed by atoms with E-state index < -0.39 is 0 Å². The van der Waals surface area contributed by atoms with Crippen molar-refractivity contribution in [3.8, 4) is 0 Å². The number of rotatable bonds is 4. The van der Waals surface area contributed by atoms with Gasteiger partial charge in [-0.05, 0) is 44.4 Å². The molecule has 3 rings (SSSR count). The van der Waals surface area contributed by atoms with E-state index in [-0.39, 0.29) is 17.9 Å². The fraction of sp³-hybridized carbons (Fsp3) is 0.474. The molecule has 1 saturated heterocycles. The van der Waals surface area contributed by atoms with E-state index in [1.54, 1.807) is 17.9 Å². The van der Waals surface area contributed by atoms with E-state index in [1.807, 2.05) is 26.0 Å². The van der Waals surface area contributed by atoms with Gasteiger partial charge in [-0.15, -0.1) is 0 Å². The molecule has 0 aliphatic carbocycles. The molecule has 3 amide bonds. The van der Waals surface area contributed by atoms with Crippen molar-refractivity contribution in [3.05, 3.63) is 35.4 Å². The smallest absolute Gasteiger partial charge is 0.321 e. The Hall–Kier alpha value is -2.90. The van der Waals surface area contributed by atoms with Crippen LogP contribution in [-0.2, 0) is 4.79 Å². The zero-order valence-corrected chi connectivity index (χ0v) is 16.0. The van der Waals surface area contributed by atoms with Crippen LogP contribution < -0.4 is 10.6 Å². The Balaban J connectivity index is 1.67. The first kappa shape index (κ1) is 18.9. The SMILES string of the molecule is CCC(=O)Nc1ccc(C)c(NC(=O)N2CCC[C@@H](c3n[nH]c(C)n3)C2)c1. The van der Waals surface area contributed by atoms with Gasteiger partial charge in [0.15, 0.2) is 5.82 Å². The van der Waals surface area contributed by atoms with Crippen LogP contribution >= 0.6 is 0 Å². The number of carbonyl (C=O) groups excluding carboxylic acids is 2. The molecule has 8 nitrogen and oxygen atoms in total. The summed E-state index contributed by atoms with van der Waals surface area (Å²) < 4.78 is 0. The summed E-state index contributed by atoms with van der Waals surface area (Å²) in [5.74, 6) is 1.64. The molecule has 0 unspecified atom stereocenters. The molecular weight excluding hydrogens is 344 g/mol. The Kier molecular flexibility index (Phi) is 5.73. The van der Waals surface area contributed by atoms with Crippen LogP contribution in [-0.4, -0.2) is 45.1 Å². The molecule has 1 aromatic carbocycles. The van der Waals surface area contributed by atoms with E-state index in [1.165, 1.54) is 0 Å². The first-order valence-corrected chi connectivity index (χ1v) is 9.31. The number of urea groups is 1. The molecule has 0 saturated carbocycles. The largest absolute Gasteiger partial charge is 0.326 e. The Morgan fingerprint density at radius 1 is 1.30 bits per heavy atom. The molecule has 1 fully saturated rings. The lowest BCUT2D eigenvalue weighted by Gasteiger charge is -2.31. The molecule has 0 bridgehead atoms. The minimum Gasteiger partial charge on any atom is -0.326 e. The van der Waals surface area contributed by atoms with Crippen LogP contribution in [0.2, 0.25) is 0 Å². The van der Waals surface area contributed by atoms with Crippen LogP contribution in [0.3, 0.4) is 0 Å². The lowest BCUT2D eigenvalue weighted by molar-refractivity contribution is -0.115. The zero-order chi connectivity index (χ0) is 19.4. The van der Waals surface area contributed by atoms with Crippen LogP contribution in [0.25, 0.3) is 0 Å². The van der Waals surface area contributed by atoms with Crippen molar-refractivity contribution >= 4 is 23.3 Å². The van der Waals surface area contributed by atoms with Gasteiger partial charge in [-0.2, -0.15) is 5.10 Å². The number of amides is 3. The molecule has 1 aliphatic heterocycles. The quantitative estimate of drug-likeness (QED) is 0.769. The lowest BCUT2D eigenvalue weighted by Crippen LogP contribution is -2.42. The Bertz CT molecular complexity index is 831. The number of H-pyrrole nitrogens is 1. The lowest BCUT2D eigenvalue weighted by atomic mass is 9.97. The average molecular weight is 370 g/mol. The monoisotopic (exact) mass is 370 g/mol. The van der Waals surface area contributed by atoms with Crippen molar-refractivity contribution in [1.29, 1.82) is 0 Å². The average Bonchev–Trinajstić information content (AvgIpc) is 3.11. The fourth-order valence-corrected chi connectivity index (χ4v) is 3.19. The minimum atomic E-state index is -0.144. The Labute approximate surface area is 158 Å². The number of nitrogens with zero attached hydrogens (tertiary/aromatic N) is 3. The van der Waals surface area contributed by atoms with Crippen molar-refractivity contribution in [2.75, 3.05) is 23.7 Å². The number of nitrogens with one attached hydrogen (secondary N) is 3. The van der Waals surface area contributed by atoms with E-state index in [0.717, 1.165) is 30.1 Å². The van der Waals surface area contributed by atoms with E-state index in [4.69, 9.17) is 0 Å². The van der Waals surface area contributed by atoms with Crippen molar-refractivity contribution in [3.63, 3.8) is 0 Å². The molecule has 1 aromatic heterocycles. The second-order valence-electron chi connectivity index (χ2n) is 6.93. The van der Waals surface area contributed by atoms with Gasteiger partial charge in [-0.3, -0.25) is 9.89 Å². The van der Waals surface area contributed by atoms with Crippen molar-refractivity contribution in [2.45, 2.75) is 46.0 Å². The molecule has 0 radical (unpaired) electrons. The number of aryl methyl sites for hydroxylation is 2. The maximum Gasteiger partial charge on any atom is 0.321 e. The van der Waals surface area contributed by atoms with Gasteiger partial charge in [0, 0.05) is 36.8 Å². The summed E-state index contributed by atoms with van der Waals surface area (Å²) >= 11 is 0. The maximum atomic E-state index is 12.8. The predicted molar refractivity (Wildman–Crippen MR) is 104 cm³/mol. The number of hydrogen-bond acceptors (Lipinski definition) is 4. The van der Waals surface area contributed by atoms with Gasteiger partial charge >= 0.3 is 6.03 Å². The second kappa shape index (κ2) is 8.20. The fourth-order valence-electron chi connectivity index (χ4n) is 3.19. The van der Waals surface area contributed by atoms with Gasteiger partial charge in [-0.1, -0.05) is 13.0 Å². The summed E-state index contributed by atoms with van der Waals surface area (Å²) in [5.41, 5.74) is 2.32. The third-order valence-electron chi connectivity index (χ3n) is 4.77. The molecule has 27 heavy (non-hydrogen) atoms. The molecule has 1 aliphatic rings. The second-order valence-corrected chi connectivity index (χ2v) is 6.93. The van der Waals surface area contributed by atoms with Gasteiger partial charge in [0.1, 0.15) is 5.82 Å². The molecular formula is C19H26N6O2. The highest BCUT2D eigenvalue weighted by atomic mass is 16.2. The van der Waals surface area contributed by atoms with E-state index in [2.05, 4.69) is 25.8 Å². The zero-order valence-electron chi connectivity index (χ0n) is 16.0. The molecule has 2 aromatic rings. The van der Waals surface area contributed by atoms with Gasteiger partial charge in [-0.25, -0.2) is 9.78 Å². The van der Waals surface area contributed by atoms with Crippen LogP contribution in [0.1, 0.15) is 49.3 Å². The van der Waals surface area contributed by atoms with E-state index in [0.29, 0.717) is 30.9 Å². The Morgan fingerprint density at radius 3 is 2.81 bits per heavy atom. The predicted octanol–water partition coefficient (Wildman–Crippen LogP) is 3.18. The number of likely N-dealkylation sites (tertiary alicyclic amines) is 1. The minimum absolute atomic E-state index is 0.0585. The summed E-state index contributed by atoms with van der Waals surface area (Å²) in [6, 6.07) is 5.37. The number of anilines is 2. The summed E-state index contributed by atoms with van der Waals surface area (Å²) in [7, 11) is 0. The number of aromatic nitrogens is 3. The van der Waals surface area contributed by atoms with Gasteiger partial charge in [0.25, 0.3) is 0 Å². The Morgan fingerprint density at radius 2 is 2.11 bits per heavy atom. The third-order valence-corrected chi connectivity index (χ3v) is 4.77. The van der Waals surface area contributed by atoms with Crippen molar-refractivity contribution in [2.24, 2.45) is 0 Å². The van der Waals surface area contributed by atoms with Gasteiger partial charge < -0.3 is 15.5 Å². The van der Waals surface area contributed by atoms with Gasteiger partial charge in [0.2, 0.25) is 5.91 Å². The number of hydrogen-bond donors (Lipinski definition) is 3. The topological polar surface area (TPSA) is 103 Å². The highest BCUT2D eigenvalue weighted by Crippen LogP contribution is 2.26. The highest BCUT2D eigenvalue weighted by molar-refractivity contribution is 5.94. The summed E-state index contributed by atoms with van der Waals surface area (Å²) in [6.07, 6.45) is 2.29. The number of benzene rings is 1. The van der Waals surface area contributed by atoms with Crippen LogP contribution in [0.4, 0.5) is 16.2 Å². The molecule has 8 heteroatoms. The summed E-state index contributed by atoms with van der Waals surface area (Å²) in [6.45, 7) is 6.90. The normalized spacial score (nSPS) is 16.9. The first-order chi connectivity index (χ1) is 13.0. The molecule has 144 valence electrons. The van der Waals surface area contributed by atoms with Crippen LogP contribution in [0.5, 0.6) is 0 Å². The summed E-state index contributed by atoms with van der Waals surface area (Å²) in [4.78, 5) is 30.6. The number of piperidine rings is 1. The van der Waals surface area contributed by atoms with Crippen molar-refractivity contribution < 1.29 is 9.59 Å². The molecule has 0 spiro atoms. The van der Waals surface area contributed by atoms with E-state index >= 15 is 0 Å². The van der Waals surface area contributed by atoms with E-state index in [9.17, 15) is 9.59 Å². The van der Waals surface area contributed by atoms with Crippen molar-refractivity contribution in [1.82, 2.24) is 20.1 Å². The third kappa shape index (κ3) is 4.64. The molecule has 2 heterocycles. The maximum absolute atomic E-state index is 12.8. The van der Waals surface area contributed by atoms with Crippen LogP contribution in [0, 0.1) is 13.8 Å². The number of aromatic amines is 1. The first-order valence-electron chi connectivity index (χ1n) is 9.31. The highest BCUT2D eigenvalue weighted by Gasteiger charge is 2.27. The summed E-state index contributed by atoms with van der Waals surface area (Å²) in [5, 5.41) is 12.9. The molecule has 1 atom stereocenters. The standard InChI is InChI=1S/C19H26N6O2/c1-4-17(26)21-15-8-7-12(2)16(10-15)22-19(27)25-9-5-6-14(11-25)18-20-13(3)23-24-18/h7-8,10,14H,4-6,9,11H2,1-3H3,(H,21,26)(H,22,27)(H,20,23,24)/t14-/m1/s1. The molecule has 3 N–H and O–H groups in total. The van der Waals surface area contributed by atoms with Crippen LogP contribution in [0.15, 0.2) is 18.2 Å². The number of carbonyl (C=O) groups is 2.